The van der Waals surface area contributed by atoms with Crippen LogP contribution in [0.15, 0.2) is 48.2 Å². The van der Waals surface area contributed by atoms with Crippen molar-refractivity contribution >= 4 is 29.1 Å². The Bertz CT molecular complexity index is 1000. The Kier molecular flexibility index (Phi) is 5.74. The molecule has 1 aromatic carbocycles. The number of hydrogen-bond acceptors (Lipinski definition) is 6. The molecule has 156 valence electrons. The number of aromatic nitrogens is 1. The molecule has 2 saturated heterocycles. The van der Waals surface area contributed by atoms with Gasteiger partial charge in [-0.05, 0) is 43.2 Å². The Hall–Kier alpha value is -2.90. The summed E-state index contributed by atoms with van der Waals surface area (Å²) in [5.41, 5.74) is 0.811. The van der Waals surface area contributed by atoms with Crippen molar-refractivity contribution in [2.45, 2.75) is 25.0 Å². The lowest BCUT2D eigenvalue weighted by molar-refractivity contribution is -0.140. The monoisotopic (exact) mass is 428 g/mol. The van der Waals surface area contributed by atoms with Crippen molar-refractivity contribution in [2.24, 2.45) is 0 Å². The number of ether oxygens (including phenoxy) is 2. The summed E-state index contributed by atoms with van der Waals surface area (Å²) < 4.78 is 10.9. The molecule has 3 heterocycles. The van der Waals surface area contributed by atoms with Crippen LogP contribution in [0.2, 0.25) is 5.02 Å². The number of halogens is 1. The first kappa shape index (κ1) is 20.4. The van der Waals surface area contributed by atoms with Crippen molar-refractivity contribution in [3.63, 3.8) is 0 Å². The smallest absolute Gasteiger partial charge is 0.295 e. The lowest BCUT2D eigenvalue weighted by Gasteiger charge is -2.26. The SMILES string of the molecule is COc1cc(/C(O)=C2/C(=O)C(=O)N(CC3CCCO3)C2c2ccccn2)ccc1Cl. The number of amides is 1. The van der Waals surface area contributed by atoms with Gasteiger partial charge in [-0.25, -0.2) is 0 Å². The normalized spacial score (nSPS) is 23.2. The van der Waals surface area contributed by atoms with E-state index in [9.17, 15) is 14.7 Å². The van der Waals surface area contributed by atoms with Gasteiger partial charge in [0.15, 0.2) is 0 Å². The fourth-order valence-electron chi connectivity index (χ4n) is 3.88. The average molecular weight is 429 g/mol. The maximum Gasteiger partial charge on any atom is 0.295 e. The van der Waals surface area contributed by atoms with Gasteiger partial charge in [-0.15, -0.1) is 0 Å². The molecule has 7 nitrogen and oxygen atoms in total. The predicted molar refractivity (Wildman–Crippen MR) is 110 cm³/mol. The number of nitrogens with zero attached hydrogens (tertiary/aromatic N) is 2. The number of Topliss-reactive ketones (excluding diaryl/α,β-unsaturated/α-hetero) is 1. The Labute approximate surface area is 178 Å². The van der Waals surface area contributed by atoms with E-state index in [0.29, 0.717) is 28.6 Å². The van der Waals surface area contributed by atoms with Crippen molar-refractivity contribution in [3.05, 3.63) is 64.4 Å². The van der Waals surface area contributed by atoms with E-state index in [-0.39, 0.29) is 24.0 Å². The van der Waals surface area contributed by atoms with Gasteiger partial charge >= 0.3 is 0 Å². The summed E-state index contributed by atoms with van der Waals surface area (Å²) in [5, 5.41) is 11.4. The average Bonchev–Trinajstić information content (AvgIpc) is 3.36. The number of carbonyl (C=O) groups excluding carboxylic acids is 2. The summed E-state index contributed by atoms with van der Waals surface area (Å²) in [6, 6.07) is 9.11. The third kappa shape index (κ3) is 3.66. The van der Waals surface area contributed by atoms with E-state index in [2.05, 4.69) is 4.98 Å². The molecule has 2 unspecified atom stereocenters. The zero-order valence-electron chi connectivity index (χ0n) is 16.4. The molecule has 1 N–H and O–H groups in total. The van der Waals surface area contributed by atoms with Crippen LogP contribution in [-0.4, -0.2) is 53.0 Å². The van der Waals surface area contributed by atoms with E-state index in [1.807, 2.05) is 0 Å². The lowest BCUT2D eigenvalue weighted by atomic mass is 9.98. The van der Waals surface area contributed by atoms with Crippen LogP contribution in [0, 0.1) is 0 Å². The Morgan fingerprint density at radius 1 is 1.33 bits per heavy atom. The van der Waals surface area contributed by atoms with Crippen LogP contribution in [0.3, 0.4) is 0 Å². The Morgan fingerprint density at radius 2 is 2.17 bits per heavy atom. The van der Waals surface area contributed by atoms with Crippen LogP contribution in [0.1, 0.15) is 30.1 Å². The maximum absolute atomic E-state index is 13.0. The summed E-state index contributed by atoms with van der Waals surface area (Å²) in [5.74, 6) is -1.38. The van der Waals surface area contributed by atoms with E-state index in [0.717, 1.165) is 12.8 Å². The first-order chi connectivity index (χ1) is 14.5. The van der Waals surface area contributed by atoms with Gasteiger partial charge in [0.2, 0.25) is 0 Å². The second kappa shape index (κ2) is 8.45. The molecule has 30 heavy (non-hydrogen) atoms. The van der Waals surface area contributed by atoms with E-state index in [4.69, 9.17) is 21.1 Å². The third-order valence-electron chi connectivity index (χ3n) is 5.36. The van der Waals surface area contributed by atoms with Gasteiger partial charge in [0.05, 0.1) is 29.5 Å². The molecule has 1 aromatic heterocycles. The molecule has 0 bridgehead atoms. The highest BCUT2D eigenvalue weighted by Gasteiger charge is 2.47. The van der Waals surface area contributed by atoms with Crippen molar-refractivity contribution in [1.29, 1.82) is 0 Å². The highest BCUT2D eigenvalue weighted by atomic mass is 35.5. The second-order valence-electron chi connectivity index (χ2n) is 7.19. The quantitative estimate of drug-likeness (QED) is 0.446. The van der Waals surface area contributed by atoms with Crippen molar-refractivity contribution in [3.8, 4) is 5.75 Å². The maximum atomic E-state index is 13.0. The van der Waals surface area contributed by atoms with Crippen LogP contribution in [0.5, 0.6) is 5.75 Å². The highest BCUT2D eigenvalue weighted by Crippen LogP contribution is 2.40. The van der Waals surface area contributed by atoms with Crippen LogP contribution in [-0.2, 0) is 14.3 Å². The predicted octanol–water partition coefficient (Wildman–Crippen LogP) is 3.34. The van der Waals surface area contributed by atoms with Gasteiger partial charge < -0.3 is 19.5 Å². The molecular weight excluding hydrogens is 408 g/mol. The molecule has 2 fully saturated rings. The molecular formula is C22H21ClN2O5. The van der Waals surface area contributed by atoms with Gasteiger partial charge in [0.25, 0.3) is 11.7 Å². The zero-order chi connectivity index (χ0) is 21.3. The summed E-state index contributed by atoms with van der Waals surface area (Å²) in [6.07, 6.45) is 3.16. The molecule has 8 heteroatoms. The van der Waals surface area contributed by atoms with E-state index in [1.54, 1.807) is 36.5 Å². The number of aliphatic hydroxyl groups is 1. The van der Waals surface area contributed by atoms with E-state index < -0.39 is 17.7 Å². The Morgan fingerprint density at radius 3 is 2.83 bits per heavy atom. The number of ketones is 1. The second-order valence-corrected chi connectivity index (χ2v) is 7.60. The summed E-state index contributed by atoms with van der Waals surface area (Å²) >= 11 is 6.08. The number of carbonyl (C=O) groups is 2. The number of benzene rings is 1. The molecule has 1 amide bonds. The molecule has 2 aliphatic rings. The fraction of sp³-hybridized carbons (Fsp3) is 0.318. The van der Waals surface area contributed by atoms with Crippen LogP contribution >= 0.6 is 11.6 Å². The topological polar surface area (TPSA) is 89.0 Å². The van der Waals surface area contributed by atoms with Crippen molar-refractivity contribution < 1.29 is 24.2 Å². The van der Waals surface area contributed by atoms with E-state index >= 15 is 0 Å². The van der Waals surface area contributed by atoms with Gasteiger partial charge in [-0.3, -0.25) is 14.6 Å². The first-order valence-corrected chi connectivity index (χ1v) is 10.0. The van der Waals surface area contributed by atoms with Gasteiger partial charge in [0, 0.05) is 24.9 Å². The minimum atomic E-state index is -0.808. The third-order valence-corrected chi connectivity index (χ3v) is 5.67. The zero-order valence-corrected chi connectivity index (χ0v) is 17.1. The largest absolute Gasteiger partial charge is 0.507 e. The summed E-state index contributed by atoms with van der Waals surface area (Å²) in [6.45, 7) is 0.889. The van der Waals surface area contributed by atoms with Crippen LogP contribution in [0.4, 0.5) is 0 Å². The number of likely N-dealkylation sites (tertiary alicyclic amines) is 1. The summed E-state index contributed by atoms with van der Waals surface area (Å²) in [4.78, 5) is 31.7. The molecule has 0 radical (unpaired) electrons. The highest BCUT2D eigenvalue weighted by molar-refractivity contribution is 6.46. The van der Waals surface area contributed by atoms with Crippen LogP contribution < -0.4 is 4.74 Å². The van der Waals surface area contributed by atoms with Gasteiger partial charge in [0.1, 0.15) is 17.6 Å². The number of rotatable bonds is 5. The fourth-order valence-corrected chi connectivity index (χ4v) is 4.08. The number of aliphatic hydroxyl groups excluding tert-OH is 1. The number of methoxy groups -OCH3 is 1. The van der Waals surface area contributed by atoms with Crippen LogP contribution in [0.25, 0.3) is 5.76 Å². The minimum absolute atomic E-state index is 0.0129. The van der Waals surface area contributed by atoms with Gasteiger partial charge in [-0.2, -0.15) is 0 Å². The molecule has 2 aliphatic heterocycles. The standard InChI is InChI=1S/C22H21ClN2O5/c1-29-17-11-13(7-8-15(17)23)20(26)18-19(16-6-2-3-9-24-16)25(22(28)21(18)27)12-14-5-4-10-30-14/h2-3,6-9,11,14,19,26H,4-5,10,12H2,1H3/b20-18-. The molecule has 0 spiro atoms. The lowest BCUT2D eigenvalue weighted by Crippen LogP contribution is -2.36. The van der Waals surface area contributed by atoms with E-state index in [1.165, 1.54) is 18.1 Å². The Balaban J connectivity index is 1.82. The molecule has 2 atom stereocenters. The molecule has 0 saturated carbocycles. The van der Waals surface area contributed by atoms with Crippen molar-refractivity contribution in [1.82, 2.24) is 9.88 Å². The first-order valence-electron chi connectivity index (χ1n) is 9.66. The molecule has 0 aliphatic carbocycles. The minimum Gasteiger partial charge on any atom is -0.507 e. The van der Waals surface area contributed by atoms with Crippen molar-refractivity contribution in [2.75, 3.05) is 20.3 Å². The number of hydrogen-bond donors (Lipinski definition) is 1. The van der Waals surface area contributed by atoms with Gasteiger partial charge in [-0.1, -0.05) is 17.7 Å². The summed E-state index contributed by atoms with van der Waals surface area (Å²) in [7, 11) is 1.46. The number of pyridine rings is 1. The molecule has 4 rings (SSSR count). The molecule has 2 aromatic rings.